The first-order chi connectivity index (χ1) is 9.24. The summed E-state index contributed by atoms with van der Waals surface area (Å²) in [5.41, 5.74) is 5.11. The van der Waals surface area contributed by atoms with Gasteiger partial charge in [0.05, 0.1) is 0 Å². The van der Waals surface area contributed by atoms with Gasteiger partial charge in [-0.2, -0.15) is 0 Å². The highest BCUT2D eigenvalue weighted by Gasteiger charge is 1.98. The summed E-state index contributed by atoms with van der Waals surface area (Å²) in [5, 5.41) is 3.27. The summed E-state index contributed by atoms with van der Waals surface area (Å²) >= 11 is 0. The molecule has 0 saturated heterocycles. The average molecular weight is 251 g/mol. The second kappa shape index (κ2) is 6.79. The molecule has 0 aliphatic carbocycles. The molecule has 0 atom stereocenters. The summed E-state index contributed by atoms with van der Waals surface area (Å²) in [7, 11) is 0. The van der Waals surface area contributed by atoms with Crippen LogP contribution in [0.4, 0.5) is 0 Å². The second-order valence-electron chi connectivity index (χ2n) is 4.94. The van der Waals surface area contributed by atoms with E-state index in [1.807, 2.05) is 6.92 Å². The topological polar surface area (TPSA) is 12.0 Å². The van der Waals surface area contributed by atoms with Crippen LogP contribution in [0.25, 0.3) is 0 Å². The third-order valence-corrected chi connectivity index (χ3v) is 3.13. The van der Waals surface area contributed by atoms with Gasteiger partial charge in [0, 0.05) is 12.2 Å². The summed E-state index contributed by atoms with van der Waals surface area (Å²) in [4.78, 5) is 0. The SMILES string of the molecule is C=C(C)NCc1cccc(CCc2ccccc2)c1. The molecule has 0 fully saturated rings. The van der Waals surface area contributed by atoms with Crippen molar-refractivity contribution in [3.8, 4) is 0 Å². The maximum Gasteiger partial charge on any atom is 0.0397 e. The molecule has 0 bridgehead atoms. The van der Waals surface area contributed by atoms with E-state index in [1.165, 1.54) is 16.7 Å². The van der Waals surface area contributed by atoms with Crippen molar-refractivity contribution in [2.75, 3.05) is 0 Å². The highest BCUT2D eigenvalue weighted by atomic mass is 14.9. The van der Waals surface area contributed by atoms with Gasteiger partial charge in [0.2, 0.25) is 0 Å². The molecular weight excluding hydrogens is 230 g/mol. The van der Waals surface area contributed by atoms with E-state index in [0.717, 1.165) is 25.1 Å². The van der Waals surface area contributed by atoms with Crippen LogP contribution in [0, 0.1) is 0 Å². The number of hydrogen-bond acceptors (Lipinski definition) is 1. The third kappa shape index (κ3) is 4.63. The van der Waals surface area contributed by atoms with Gasteiger partial charge in [-0.3, -0.25) is 0 Å². The van der Waals surface area contributed by atoms with Crippen LogP contribution in [0.5, 0.6) is 0 Å². The van der Waals surface area contributed by atoms with Crippen molar-refractivity contribution in [2.45, 2.75) is 26.3 Å². The smallest absolute Gasteiger partial charge is 0.0397 e. The third-order valence-electron chi connectivity index (χ3n) is 3.13. The van der Waals surface area contributed by atoms with Crippen LogP contribution in [-0.2, 0) is 19.4 Å². The van der Waals surface area contributed by atoms with E-state index >= 15 is 0 Å². The molecule has 0 heterocycles. The van der Waals surface area contributed by atoms with E-state index in [9.17, 15) is 0 Å². The molecule has 1 N–H and O–H groups in total. The van der Waals surface area contributed by atoms with Crippen LogP contribution in [0.3, 0.4) is 0 Å². The molecular formula is C18H21N. The van der Waals surface area contributed by atoms with Gasteiger partial charge in [0.1, 0.15) is 0 Å². The lowest BCUT2D eigenvalue weighted by atomic mass is 10.0. The lowest BCUT2D eigenvalue weighted by Crippen LogP contribution is -2.09. The van der Waals surface area contributed by atoms with E-state index < -0.39 is 0 Å². The molecule has 2 aromatic rings. The van der Waals surface area contributed by atoms with Crippen LogP contribution in [0.2, 0.25) is 0 Å². The van der Waals surface area contributed by atoms with E-state index in [2.05, 4.69) is 66.5 Å². The lowest BCUT2D eigenvalue weighted by Gasteiger charge is -2.08. The number of aryl methyl sites for hydroxylation is 2. The Kier molecular flexibility index (Phi) is 4.79. The molecule has 0 aromatic heterocycles. The highest BCUT2D eigenvalue weighted by molar-refractivity contribution is 5.25. The zero-order valence-electron chi connectivity index (χ0n) is 11.5. The quantitative estimate of drug-likeness (QED) is 0.815. The van der Waals surface area contributed by atoms with Gasteiger partial charge < -0.3 is 5.32 Å². The minimum Gasteiger partial charge on any atom is -0.385 e. The lowest BCUT2D eigenvalue weighted by molar-refractivity contribution is 0.812. The van der Waals surface area contributed by atoms with Gasteiger partial charge in [0.15, 0.2) is 0 Å². The Hall–Kier alpha value is -2.02. The van der Waals surface area contributed by atoms with Crippen molar-refractivity contribution < 1.29 is 0 Å². The number of nitrogens with one attached hydrogen (secondary N) is 1. The molecule has 0 unspecified atom stereocenters. The molecule has 98 valence electrons. The predicted octanol–water partition coefficient (Wildman–Crippen LogP) is 4.10. The molecule has 1 heteroatoms. The number of hydrogen-bond donors (Lipinski definition) is 1. The number of benzene rings is 2. The van der Waals surface area contributed by atoms with E-state index in [1.54, 1.807) is 0 Å². The Morgan fingerprint density at radius 2 is 1.53 bits per heavy atom. The Morgan fingerprint density at radius 3 is 2.26 bits per heavy atom. The van der Waals surface area contributed by atoms with Crippen LogP contribution < -0.4 is 5.32 Å². The Labute approximate surface area is 116 Å². The molecule has 0 aliphatic heterocycles. The van der Waals surface area contributed by atoms with Gasteiger partial charge in [0.25, 0.3) is 0 Å². The normalized spacial score (nSPS) is 10.2. The molecule has 0 saturated carbocycles. The van der Waals surface area contributed by atoms with Gasteiger partial charge in [-0.1, -0.05) is 61.2 Å². The minimum atomic E-state index is 0.856. The molecule has 0 spiro atoms. The summed E-state index contributed by atoms with van der Waals surface area (Å²) in [6.07, 6.45) is 2.18. The highest BCUT2D eigenvalue weighted by Crippen LogP contribution is 2.10. The first-order valence-electron chi connectivity index (χ1n) is 6.75. The molecule has 0 aliphatic rings. The van der Waals surface area contributed by atoms with Crippen molar-refractivity contribution >= 4 is 0 Å². The summed E-state index contributed by atoms with van der Waals surface area (Å²) in [6, 6.07) is 19.4. The van der Waals surface area contributed by atoms with Crippen LogP contribution in [-0.4, -0.2) is 0 Å². The average Bonchev–Trinajstić information content (AvgIpc) is 2.44. The standard InChI is InChI=1S/C18H21N/c1-15(2)19-14-18-10-6-9-17(13-18)12-11-16-7-4-3-5-8-16/h3-10,13,19H,1,11-12,14H2,2H3. The monoisotopic (exact) mass is 251 g/mol. The van der Waals surface area contributed by atoms with Gasteiger partial charge in [-0.15, -0.1) is 0 Å². The Balaban J connectivity index is 1.93. The number of rotatable bonds is 6. The zero-order valence-corrected chi connectivity index (χ0v) is 11.5. The molecule has 0 radical (unpaired) electrons. The largest absolute Gasteiger partial charge is 0.385 e. The Morgan fingerprint density at radius 1 is 0.895 bits per heavy atom. The van der Waals surface area contributed by atoms with E-state index in [-0.39, 0.29) is 0 Å². The zero-order chi connectivity index (χ0) is 13.5. The van der Waals surface area contributed by atoms with E-state index in [0.29, 0.717) is 0 Å². The van der Waals surface area contributed by atoms with E-state index in [4.69, 9.17) is 0 Å². The van der Waals surface area contributed by atoms with Crippen molar-refractivity contribution in [1.29, 1.82) is 0 Å². The fourth-order valence-electron chi connectivity index (χ4n) is 2.08. The minimum absolute atomic E-state index is 0.856. The first-order valence-corrected chi connectivity index (χ1v) is 6.75. The molecule has 1 nitrogen and oxygen atoms in total. The Bertz CT molecular complexity index is 528. The molecule has 2 rings (SSSR count). The maximum absolute atomic E-state index is 3.86. The van der Waals surface area contributed by atoms with Crippen LogP contribution in [0.1, 0.15) is 23.6 Å². The van der Waals surface area contributed by atoms with Gasteiger partial charge >= 0.3 is 0 Å². The molecule has 0 amide bonds. The van der Waals surface area contributed by atoms with Crippen molar-refractivity contribution in [2.24, 2.45) is 0 Å². The summed E-state index contributed by atoms with van der Waals surface area (Å²) < 4.78 is 0. The van der Waals surface area contributed by atoms with Crippen LogP contribution in [0.15, 0.2) is 66.9 Å². The second-order valence-corrected chi connectivity index (χ2v) is 4.94. The van der Waals surface area contributed by atoms with Crippen molar-refractivity contribution in [1.82, 2.24) is 5.32 Å². The fraction of sp³-hybridized carbons (Fsp3) is 0.222. The predicted molar refractivity (Wildman–Crippen MR) is 81.9 cm³/mol. The fourth-order valence-corrected chi connectivity index (χ4v) is 2.08. The summed E-state index contributed by atoms with van der Waals surface area (Å²) in [5.74, 6) is 0. The number of allylic oxidation sites excluding steroid dienone is 1. The first kappa shape index (κ1) is 13.4. The molecule has 2 aromatic carbocycles. The summed E-state index contributed by atoms with van der Waals surface area (Å²) in [6.45, 7) is 6.70. The maximum atomic E-state index is 3.86. The molecule has 19 heavy (non-hydrogen) atoms. The van der Waals surface area contributed by atoms with Gasteiger partial charge in [-0.05, 0) is 36.5 Å². The van der Waals surface area contributed by atoms with Crippen molar-refractivity contribution in [3.63, 3.8) is 0 Å². The van der Waals surface area contributed by atoms with Crippen molar-refractivity contribution in [3.05, 3.63) is 83.6 Å². The van der Waals surface area contributed by atoms with Crippen LogP contribution >= 0.6 is 0 Å². The van der Waals surface area contributed by atoms with Gasteiger partial charge in [-0.25, -0.2) is 0 Å².